The fraction of sp³-hybridized carbons (Fsp3) is 0.125. The van der Waals surface area contributed by atoms with E-state index in [-0.39, 0.29) is 0 Å². The monoisotopic (exact) mass is 1050 g/mol. The molecule has 26 heteroatoms. The lowest BCUT2D eigenvalue weighted by atomic mass is 9.96. The second-order valence-electron chi connectivity index (χ2n) is 15.6. The minimum Gasteiger partial charge on any atom is -0.418 e. The first-order valence-electron chi connectivity index (χ1n) is 21.4. The Bertz CT molecular complexity index is 3350. The fourth-order valence-electron chi connectivity index (χ4n) is 7.76. The normalized spacial score (nSPS) is 11.1. The molecule has 0 aliphatic carbocycles. The molecule has 0 aliphatic rings. The molecule has 0 spiro atoms. The van der Waals surface area contributed by atoms with Crippen LogP contribution in [0, 0.1) is 22.7 Å². The lowest BCUT2D eigenvalue weighted by Gasteiger charge is -2.09. The lowest BCUT2D eigenvalue weighted by molar-refractivity contribution is -0.670. The van der Waals surface area contributed by atoms with Crippen LogP contribution in [0.1, 0.15) is 13.8 Å². The van der Waals surface area contributed by atoms with Crippen molar-refractivity contribution in [2.24, 2.45) is 28.2 Å². The number of aryl methyl sites for hydroxylation is 4. The van der Waals surface area contributed by atoms with Gasteiger partial charge in [-0.25, -0.2) is 18.3 Å². The van der Waals surface area contributed by atoms with E-state index >= 15 is 0 Å². The maximum absolute atomic E-state index is 9.75. The van der Waals surface area contributed by atoms with Gasteiger partial charge in [-0.05, 0) is 57.9 Å². The van der Waals surface area contributed by atoms with Gasteiger partial charge in [-0.2, -0.15) is 10.5 Å². The first-order valence-corrected chi connectivity index (χ1v) is 21.4. The van der Waals surface area contributed by atoms with E-state index in [1.807, 2.05) is 0 Å². The minimum absolute atomic E-state index is 1.27. The Hall–Kier alpha value is -7.88. The fourth-order valence-corrected chi connectivity index (χ4v) is 7.76. The van der Waals surface area contributed by atoms with Crippen LogP contribution in [0.4, 0.5) is 69.1 Å². The molecule has 10 aromatic rings. The van der Waals surface area contributed by atoms with E-state index in [2.05, 4.69) is 193 Å². The number of benzene rings is 6. The average Bonchev–Trinajstić information content (AvgIpc) is 3.27. The third kappa shape index (κ3) is 18.9. The van der Waals surface area contributed by atoms with Crippen molar-refractivity contribution in [2.75, 3.05) is 0 Å². The molecule has 0 amide bonds. The van der Waals surface area contributed by atoms with E-state index < -0.39 is 29.0 Å². The molecule has 4 heterocycles. The molecule has 4 aromatic heterocycles. The molecule has 10 rings (SSSR count). The summed E-state index contributed by atoms with van der Waals surface area (Å²) in [5, 5.41) is 33.0. The maximum Gasteiger partial charge on any atom is 0.673 e. The Morgan fingerprint density at radius 3 is 0.865 bits per heavy atom. The molecular formula is C48H42B4F16N6. The van der Waals surface area contributed by atoms with E-state index in [9.17, 15) is 69.1 Å². The Kier molecular flexibility index (Phi) is 21.0. The summed E-state index contributed by atoms with van der Waals surface area (Å²) in [4.78, 5) is 0. The number of hydrogen-bond donors (Lipinski definition) is 0. The number of aromatic nitrogens is 4. The van der Waals surface area contributed by atoms with Gasteiger partial charge in [0.25, 0.3) is 0 Å². The van der Waals surface area contributed by atoms with Crippen LogP contribution in [-0.4, -0.2) is 29.0 Å². The molecule has 388 valence electrons. The van der Waals surface area contributed by atoms with Gasteiger partial charge < -0.3 is 69.1 Å². The van der Waals surface area contributed by atoms with E-state index in [1.54, 1.807) is 12.1 Å². The summed E-state index contributed by atoms with van der Waals surface area (Å²) in [6.07, 6.45) is 13.1. The van der Waals surface area contributed by atoms with Gasteiger partial charge in [0.2, 0.25) is 11.0 Å². The highest BCUT2D eigenvalue weighted by Gasteiger charge is 2.23. The summed E-state index contributed by atoms with van der Waals surface area (Å²) in [6, 6.07) is 43.1. The van der Waals surface area contributed by atoms with Crippen LogP contribution in [0.3, 0.4) is 0 Å². The number of nitriles is 2. The van der Waals surface area contributed by atoms with Crippen molar-refractivity contribution in [1.82, 2.24) is 0 Å². The Labute approximate surface area is 412 Å². The SMILES string of the molecule is CC#N.CC#N.C[n+]1ccc2c(ccc3c[n+](C)c4ccc5ccccc5c4c32)c1.C[n+]1ccc2c(ccc3c[n+](C)c4ccc5ccccc5c4c32)c1.F[B-](F)(F)F.F[B-](F)(F)F.F[B-](F)(F)F.F[B-](F)(F)F. The molecule has 6 nitrogen and oxygen atoms in total. The van der Waals surface area contributed by atoms with Crippen LogP contribution in [0.25, 0.3) is 86.4 Å². The average molecular weight is 1050 g/mol. The van der Waals surface area contributed by atoms with Crippen LogP contribution in [-0.2, 0) is 28.2 Å². The number of pyridine rings is 4. The highest BCUT2D eigenvalue weighted by molar-refractivity contribution is 6.51. The lowest BCUT2D eigenvalue weighted by Crippen LogP contribution is -2.28. The molecule has 0 fully saturated rings. The molecule has 6 aromatic carbocycles. The van der Waals surface area contributed by atoms with Crippen molar-refractivity contribution >= 4 is 115 Å². The smallest absolute Gasteiger partial charge is 0.418 e. The van der Waals surface area contributed by atoms with Crippen molar-refractivity contribution in [1.29, 1.82) is 10.5 Å². The molecular weight excluding hydrogens is 1010 g/mol. The van der Waals surface area contributed by atoms with E-state index in [1.165, 1.54) is 100 Å². The number of nitrogens with zero attached hydrogens (tertiary/aromatic N) is 6. The minimum atomic E-state index is -6.00. The number of hydrogen-bond acceptors (Lipinski definition) is 2. The highest BCUT2D eigenvalue weighted by Crippen LogP contribution is 2.36. The Morgan fingerprint density at radius 1 is 0.324 bits per heavy atom. The van der Waals surface area contributed by atoms with Gasteiger partial charge in [0.15, 0.2) is 37.2 Å². The largest absolute Gasteiger partial charge is 0.673 e. The predicted octanol–water partition coefficient (Wildman–Crippen LogP) is 14.2. The van der Waals surface area contributed by atoms with Gasteiger partial charge in [-0.1, -0.05) is 48.5 Å². The third-order valence-electron chi connectivity index (χ3n) is 10.0. The van der Waals surface area contributed by atoms with E-state index in [0.29, 0.717) is 0 Å². The van der Waals surface area contributed by atoms with Crippen LogP contribution < -0.4 is 18.3 Å². The molecule has 0 bridgehead atoms. The Morgan fingerprint density at radius 2 is 0.568 bits per heavy atom. The van der Waals surface area contributed by atoms with Gasteiger partial charge in [-0.15, -0.1) is 0 Å². The second kappa shape index (κ2) is 25.7. The summed E-state index contributed by atoms with van der Waals surface area (Å²) in [5.41, 5.74) is 2.53. The van der Waals surface area contributed by atoms with Crippen molar-refractivity contribution < 1.29 is 87.3 Å². The zero-order valence-corrected chi connectivity index (χ0v) is 39.9. The molecule has 74 heavy (non-hydrogen) atoms. The summed E-state index contributed by atoms with van der Waals surface area (Å²) in [6.45, 7) is 2.86. The molecule has 0 atom stereocenters. The van der Waals surface area contributed by atoms with Gasteiger partial charge >= 0.3 is 29.0 Å². The predicted molar refractivity (Wildman–Crippen MR) is 261 cm³/mol. The maximum atomic E-state index is 9.75. The highest BCUT2D eigenvalue weighted by atomic mass is 19.5. The first kappa shape index (κ1) is 60.4. The number of fused-ring (bicyclic) bond motifs is 14. The van der Waals surface area contributed by atoms with Crippen molar-refractivity contribution in [3.8, 4) is 12.1 Å². The summed E-state index contributed by atoms with van der Waals surface area (Å²) < 4.78 is 165. The summed E-state index contributed by atoms with van der Waals surface area (Å²) >= 11 is 0. The molecule has 0 N–H and O–H groups in total. The molecule has 0 saturated carbocycles. The summed E-state index contributed by atoms with van der Waals surface area (Å²) in [5.74, 6) is 0. The standard InChI is InChI=1S/2C22H18N2.2C2H3N.4BF4/c2*1-23-12-11-19-16(13-23)7-8-17-14-24(2)20-10-9-15-5-3-4-6-18(15)22(20)21(17)19;2*1-2-3;4*2-1(3,4)5/h2*3-14H,1-2H3;2*1H3;;;;/q2*+2;;;4*-1. The van der Waals surface area contributed by atoms with E-state index in [4.69, 9.17) is 10.5 Å². The third-order valence-corrected chi connectivity index (χ3v) is 10.0. The molecule has 0 saturated heterocycles. The van der Waals surface area contributed by atoms with E-state index in [0.717, 1.165) is 0 Å². The van der Waals surface area contributed by atoms with Crippen LogP contribution in [0.2, 0.25) is 0 Å². The van der Waals surface area contributed by atoms with Crippen molar-refractivity contribution in [3.63, 3.8) is 0 Å². The van der Waals surface area contributed by atoms with Gasteiger partial charge in [0, 0.05) is 81.2 Å². The van der Waals surface area contributed by atoms with Crippen LogP contribution in [0.5, 0.6) is 0 Å². The van der Waals surface area contributed by atoms with Crippen molar-refractivity contribution in [2.45, 2.75) is 13.8 Å². The van der Waals surface area contributed by atoms with Gasteiger partial charge in [0.1, 0.15) is 28.2 Å². The number of halogens is 16. The van der Waals surface area contributed by atoms with Crippen LogP contribution in [0.15, 0.2) is 146 Å². The zero-order valence-electron chi connectivity index (χ0n) is 39.9. The zero-order chi connectivity index (χ0) is 55.9. The van der Waals surface area contributed by atoms with Crippen molar-refractivity contribution in [3.05, 3.63) is 146 Å². The first-order chi connectivity index (χ1) is 34.3. The molecule has 0 aliphatic heterocycles. The van der Waals surface area contributed by atoms with Crippen LogP contribution >= 0.6 is 0 Å². The van der Waals surface area contributed by atoms with Gasteiger partial charge in [0.05, 0.1) is 22.9 Å². The molecule has 0 unspecified atom stereocenters. The summed E-state index contributed by atoms with van der Waals surface area (Å²) in [7, 11) is -15.6. The number of rotatable bonds is 0. The topological polar surface area (TPSA) is 63.1 Å². The molecule has 0 radical (unpaired) electrons. The second-order valence-corrected chi connectivity index (χ2v) is 15.6. The van der Waals surface area contributed by atoms with Gasteiger partial charge in [-0.3, -0.25) is 0 Å². The quantitative estimate of drug-likeness (QED) is 0.0657. The Balaban J connectivity index is 0.000000268.